The van der Waals surface area contributed by atoms with E-state index in [2.05, 4.69) is 13.8 Å². The molecular weight excluding hydrogens is 490 g/mol. The van der Waals surface area contributed by atoms with Crippen molar-refractivity contribution in [2.75, 3.05) is 13.2 Å². The maximum Gasteiger partial charge on any atom is 0.421 e. The predicted octanol–water partition coefficient (Wildman–Crippen LogP) is 5.47. The Morgan fingerprint density at radius 2 is 1.71 bits per heavy atom. The molecule has 2 aromatic carbocycles. The number of amides is 1. The molecule has 0 bridgehead atoms. The lowest BCUT2D eigenvalue weighted by molar-refractivity contribution is -0.115. The third kappa shape index (κ3) is 7.08. The van der Waals surface area contributed by atoms with Crippen LogP contribution in [0.4, 0.5) is 4.79 Å². The molecule has 9 heteroatoms. The zero-order valence-corrected chi connectivity index (χ0v) is 21.4. The van der Waals surface area contributed by atoms with Gasteiger partial charge in [-0.3, -0.25) is 4.79 Å². The van der Waals surface area contributed by atoms with Crippen LogP contribution in [0.5, 0.6) is 0 Å². The zero-order chi connectivity index (χ0) is 25.6. The van der Waals surface area contributed by atoms with Crippen molar-refractivity contribution in [3.63, 3.8) is 0 Å². The summed E-state index contributed by atoms with van der Waals surface area (Å²) in [4.78, 5) is 23.9. The Hall–Kier alpha value is -2.84. The van der Waals surface area contributed by atoms with E-state index in [1.807, 2.05) is 24.3 Å². The lowest BCUT2D eigenvalue weighted by Gasteiger charge is -2.19. The molecule has 0 saturated carbocycles. The molecule has 1 amide bonds. The van der Waals surface area contributed by atoms with E-state index >= 15 is 0 Å². The molecule has 0 atom stereocenters. The molecule has 1 aliphatic carbocycles. The monoisotopic (exact) mass is 519 g/mol. The van der Waals surface area contributed by atoms with Gasteiger partial charge in [-0.2, -0.15) is 0 Å². The molecule has 0 aromatic heterocycles. The predicted molar refractivity (Wildman–Crippen MR) is 134 cm³/mol. The number of sulfonamides is 1. The number of carbonyl (C=O) groups excluding carboxylic acids is 1. The molecule has 2 aromatic rings. The van der Waals surface area contributed by atoms with Crippen LogP contribution in [0.1, 0.15) is 44.2 Å². The Bertz CT molecular complexity index is 1200. The summed E-state index contributed by atoms with van der Waals surface area (Å²) in [6.45, 7) is 4.49. The van der Waals surface area contributed by atoms with E-state index < -0.39 is 16.1 Å². The zero-order valence-electron chi connectivity index (χ0n) is 19.9. The van der Waals surface area contributed by atoms with Gasteiger partial charge in [-0.05, 0) is 60.6 Å². The largest absolute Gasteiger partial charge is 0.497 e. The van der Waals surface area contributed by atoms with Crippen molar-refractivity contribution >= 4 is 33.5 Å². The average Bonchev–Trinajstić information content (AvgIpc) is 3.16. The van der Waals surface area contributed by atoms with Gasteiger partial charge >= 0.3 is 6.09 Å². The minimum Gasteiger partial charge on any atom is -0.497 e. The number of allylic oxidation sites excluding steroid dienone is 2. The summed E-state index contributed by atoms with van der Waals surface area (Å²) in [7, 11) is -4.22. The van der Waals surface area contributed by atoms with E-state index in [0.717, 1.165) is 22.5 Å². The number of aryl methyl sites for hydroxylation is 1. The van der Waals surface area contributed by atoms with E-state index in [1.165, 1.54) is 24.3 Å². The van der Waals surface area contributed by atoms with Crippen molar-refractivity contribution < 1.29 is 27.9 Å². The molecule has 0 spiro atoms. The van der Waals surface area contributed by atoms with Gasteiger partial charge < -0.3 is 9.84 Å². The SMILES string of the molecule is CC(C)COC1=C(CCc2cccc(CCN(C(=O)O)S(=O)(=O)c3ccc(Cl)cc3)c2)C(=O)CC1. The summed E-state index contributed by atoms with van der Waals surface area (Å²) in [5.41, 5.74) is 2.55. The van der Waals surface area contributed by atoms with Crippen LogP contribution in [0, 0.1) is 5.92 Å². The Kier molecular flexibility index (Phi) is 8.97. The second-order valence-electron chi connectivity index (χ2n) is 8.91. The molecule has 35 heavy (non-hydrogen) atoms. The first kappa shape index (κ1) is 26.8. The number of rotatable bonds is 11. The first-order chi connectivity index (χ1) is 16.6. The Morgan fingerprint density at radius 3 is 2.34 bits per heavy atom. The van der Waals surface area contributed by atoms with Crippen molar-refractivity contribution in [3.05, 3.63) is 76.0 Å². The van der Waals surface area contributed by atoms with Gasteiger partial charge in [0.25, 0.3) is 10.0 Å². The summed E-state index contributed by atoms with van der Waals surface area (Å²) in [5, 5.41) is 9.92. The number of hydrogen-bond donors (Lipinski definition) is 1. The fourth-order valence-corrected chi connectivity index (χ4v) is 5.28. The summed E-state index contributed by atoms with van der Waals surface area (Å²) < 4.78 is 32.0. The van der Waals surface area contributed by atoms with Crippen LogP contribution in [-0.4, -0.2) is 42.9 Å². The molecule has 0 heterocycles. The normalized spacial score (nSPS) is 14.0. The quantitative estimate of drug-likeness (QED) is 0.422. The highest BCUT2D eigenvalue weighted by molar-refractivity contribution is 7.89. The van der Waals surface area contributed by atoms with Gasteiger partial charge in [-0.1, -0.05) is 49.7 Å². The second-order valence-corrected chi connectivity index (χ2v) is 11.2. The molecule has 188 valence electrons. The molecule has 0 saturated heterocycles. The summed E-state index contributed by atoms with van der Waals surface area (Å²) in [6.07, 6.45) is 1.01. The Morgan fingerprint density at radius 1 is 1.06 bits per heavy atom. The van der Waals surface area contributed by atoms with Gasteiger partial charge in [0.1, 0.15) is 5.76 Å². The molecular formula is C26H30ClNO6S. The topological polar surface area (TPSA) is 101 Å². The number of carboxylic acid groups (broad SMARTS) is 1. The minimum absolute atomic E-state index is 0.129. The van der Waals surface area contributed by atoms with Crippen LogP contribution in [0.25, 0.3) is 0 Å². The first-order valence-corrected chi connectivity index (χ1v) is 13.4. The van der Waals surface area contributed by atoms with E-state index in [4.69, 9.17) is 16.3 Å². The van der Waals surface area contributed by atoms with Crippen molar-refractivity contribution in [1.29, 1.82) is 0 Å². The highest BCUT2D eigenvalue weighted by atomic mass is 35.5. The van der Waals surface area contributed by atoms with Crippen molar-refractivity contribution in [2.45, 2.75) is 50.8 Å². The maximum absolute atomic E-state index is 12.8. The van der Waals surface area contributed by atoms with Crippen LogP contribution in [0.15, 0.2) is 64.8 Å². The van der Waals surface area contributed by atoms with E-state index in [0.29, 0.717) is 47.5 Å². The van der Waals surface area contributed by atoms with Gasteiger partial charge in [-0.15, -0.1) is 0 Å². The third-order valence-corrected chi connectivity index (χ3v) is 7.76. The number of Topliss-reactive ketones (excluding diaryl/α,β-unsaturated/α-hetero) is 1. The molecule has 3 rings (SSSR count). The molecule has 0 aliphatic heterocycles. The number of nitrogens with zero attached hydrogens (tertiary/aromatic N) is 1. The van der Waals surface area contributed by atoms with E-state index in [1.54, 1.807) is 0 Å². The smallest absolute Gasteiger partial charge is 0.421 e. The van der Waals surface area contributed by atoms with Crippen molar-refractivity contribution in [1.82, 2.24) is 4.31 Å². The lowest BCUT2D eigenvalue weighted by atomic mass is 10.0. The average molecular weight is 520 g/mol. The van der Waals surface area contributed by atoms with Gasteiger partial charge in [0, 0.05) is 30.0 Å². The lowest BCUT2D eigenvalue weighted by Crippen LogP contribution is -2.37. The Balaban J connectivity index is 1.67. The summed E-state index contributed by atoms with van der Waals surface area (Å²) in [6, 6.07) is 12.9. The van der Waals surface area contributed by atoms with Crippen LogP contribution in [0.3, 0.4) is 0 Å². The van der Waals surface area contributed by atoms with Gasteiger partial charge in [-0.25, -0.2) is 17.5 Å². The Labute approximate surface area is 211 Å². The van der Waals surface area contributed by atoms with Crippen LogP contribution >= 0.6 is 11.6 Å². The maximum atomic E-state index is 12.8. The molecule has 7 nitrogen and oxygen atoms in total. The van der Waals surface area contributed by atoms with Gasteiger partial charge in [0.2, 0.25) is 0 Å². The molecule has 0 unspecified atom stereocenters. The van der Waals surface area contributed by atoms with Crippen molar-refractivity contribution in [3.8, 4) is 0 Å². The number of ether oxygens (including phenoxy) is 1. The highest BCUT2D eigenvalue weighted by Crippen LogP contribution is 2.28. The molecule has 1 N–H and O–H groups in total. The van der Waals surface area contributed by atoms with Gasteiger partial charge in [0.15, 0.2) is 5.78 Å². The third-order valence-electron chi connectivity index (χ3n) is 5.72. The van der Waals surface area contributed by atoms with E-state index in [9.17, 15) is 23.1 Å². The van der Waals surface area contributed by atoms with E-state index in [-0.39, 0.29) is 23.6 Å². The standard InChI is InChI=1S/C26H30ClNO6S/c1-18(2)17-34-25-13-12-24(29)23(25)11-6-19-4-3-5-20(16-19)14-15-28(26(30)31)35(32,33)22-9-7-21(27)8-10-22/h3-5,7-10,16,18H,6,11-15,17H2,1-2H3,(H,30,31). The number of hydrogen-bond acceptors (Lipinski definition) is 5. The number of benzene rings is 2. The number of carbonyl (C=O) groups is 2. The number of halogens is 1. The molecule has 0 fully saturated rings. The second kappa shape index (κ2) is 11.7. The fraction of sp³-hybridized carbons (Fsp3) is 0.385. The first-order valence-electron chi connectivity index (χ1n) is 11.5. The summed E-state index contributed by atoms with van der Waals surface area (Å²) in [5.74, 6) is 1.30. The van der Waals surface area contributed by atoms with Crippen LogP contribution in [0.2, 0.25) is 5.02 Å². The van der Waals surface area contributed by atoms with Crippen molar-refractivity contribution in [2.24, 2.45) is 5.92 Å². The highest BCUT2D eigenvalue weighted by Gasteiger charge is 2.29. The molecule has 1 aliphatic rings. The van der Waals surface area contributed by atoms with Crippen LogP contribution in [-0.2, 0) is 32.4 Å². The minimum atomic E-state index is -4.22. The van der Waals surface area contributed by atoms with Crippen LogP contribution < -0.4 is 0 Å². The molecule has 0 radical (unpaired) electrons. The summed E-state index contributed by atoms with van der Waals surface area (Å²) >= 11 is 5.82. The number of ketones is 1. The van der Waals surface area contributed by atoms with Gasteiger partial charge in [0.05, 0.1) is 11.5 Å². The fourth-order valence-electron chi connectivity index (χ4n) is 3.88.